The highest BCUT2D eigenvalue weighted by molar-refractivity contribution is 5.76. The van der Waals surface area contributed by atoms with Crippen molar-refractivity contribution in [3.63, 3.8) is 0 Å². The second-order valence-corrected chi connectivity index (χ2v) is 5.05. The molecule has 92 valence electrons. The molecule has 0 heterocycles. The highest BCUT2D eigenvalue weighted by Gasteiger charge is 2.21. The molecule has 0 aromatic rings. The Balaban J connectivity index is 4.22. The highest BCUT2D eigenvalue weighted by atomic mass is 16.5. The molecule has 0 saturated heterocycles. The lowest BCUT2D eigenvalue weighted by atomic mass is 9.99. The average molecular weight is 227 g/mol. The van der Waals surface area contributed by atoms with E-state index in [2.05, 4.69) is 4.99 Å². The van der Waals surface area contributed by atoms with Gasteiger partial charge < -0.3 is 4.74 Å². The zero-order valence-corrected chi connectivity index (χ0v) is 10.6. The molecule has 0 aliphatic carbocycles. The van der Waals surface area contributed by atoms with E-state index in [0.29, 0.717) is 13.0 Å². The molecule has 0 N–H and O–H groups in total. The Hall–Kier alpha value is -1.15. The minimum absolute atomic E-state index is 0.0736. The molecule has 4 heteroatoms. The van der Waals surface area contributed by atoms with Crippen LogP contribution in [0.2, 0.25) is 0 Å². The standard InChI is InChI=1S/C12H21NO3/c1-5-6-7-10(13-9-14)11(15)16-8-12(2,3)4/h10H,5-8H2,1-4H3. The Kier molecular flexibility index (Phi) is 6.66. The molecule has 0 radical (unpaired) electrons. The van der Waals surface area contributed by atoms with Gasteiger partial charge in [-0.25, -0.2) is 9.59 Å². The van der Waals surface area contributed by atoms with Gasteiger partial charge in [-0.3, -0.25) is 0 Å². The quantitative estimate of drug-likeness (QED) is 0.398. The molecular weight excluding hydrogens is 206 g/mol. The summed E-state index contributed by atoms with van der Waals surface area (Å²) in [7, 11) is 0. The van der Waals surface area contributed by atoms with Gasteiger partial charge in [0.2, 0.25) is 6.08 Å². The van der Waals surface area contributed by atoms with Crippen LogP contribution < -0.4 is 0 Å². The van der Waals surface area contributed by atoms with Crippen LogP contribution in [0.15, 0.2) is 4.99 Å². The maximum absolute atomic E-state index is 11.6. The smallest absolute Gasteiger partial charge is 0.331 e. The first-order valence-corrected chi connectivity index (χ1v) is 5.64. The SMILES string of the molecule is CCCCC(N=C=O)C(=O)OCC(C)(C)C. The van der Waals surface area contributed by atoms with Crippen molar-refractivity contribution in [1.29, 1.82) is 0 Å². The first-order valence-electron chi connectivity index (χ1n) is 5.64. The summed E-state index contributed by atoms with van der Waals surface area (Å²) in [4.78, 5) is 25.3. The van der Waals surface area contributed by atoms with Crippen molar-refractivity contribution in [2.75, 3.05) is 6.61 Å². The molecule has 0 saturated carbocycles. The Morgan fingerprint density at radius 3 is 2.50 bits per heavy atom. The van der Waals surface area contributed by atoms with E-state index in [1.807, 2.05) is 27.7 Å². The number of nitrogens with zero attached hydrogens (tertiary/aromatic N) is 1. The van der Waals surface area contributed by atoms with Crippen LogP contribution in [0, 0.1) is 5.41 Å². The molecule has 4 nitrogen and oxygen atoms in total. The fraction of sp³-hybridized carbons (Fsp3) is 0.833. The van der Waals surface area contributed by atoms with E-state index in [1.165, 1.54) is 6.08 Å². The van der Waals surface area contributed by atoms with E-state index < -0.39 is 12.0 Å². The Bertz CT molecular complexity index is 262. The van der Waals surface area contributed by atoms with Gasteiger partial charge in [0, 0.05) is 0 Å². The Labute approximate surface area is 97.1 Å². The maximum Gasteiger partial charge on any atom is 0.331 e. The first-order chi connectivity index (χ1) is 7.40. The summed E-state index contributed by atoms with van der Waals surface area (Å²) in [5.41, 5.74) is -0.0736. The number of hydrogen-bond donors (Lipinski definition) is 0. The topological polar surface area (TPSA) is 55.7 Å². The van der Waals surface area contributed by atoms with Crippen LogP contribution in [-0.2, 0) is 14.3 Å². The third-order valence-corrected chi connectivity index (χ3v) is 1.96. The molecule has 0 aromatic carbocycles. The average Bonchev–Trinajstić information content (AvgIpc) is 2.19. The molecule has 0 rings (SSSR count). The van der Waals surface area contributed by atoms with Gasteiger partial charge in [-0.2, -0.15) is 4.99 Å². The summed E-state index contributed by atoms with van der Waals surface area (Å²) in [5, 5.41) is 0. The van der Waals surface area contributed by atoms with E-state index in [4.69, 9.17) is 4.74 Å². The molecule has 0 fully saturated rings. The van der Waals surface area contributed by atoms with Gasteiger partial charge in [-0.1, -0.05) is 40.5 Å². The monoisotopic (exact) mass is 227 g/mol. The molecular formula is C12H21NO3. The summed E-state index contributed by atoms with van der Waals surface area (Å²) < 4.78 is 5.11. The number of carbonyl (C=O) groups is 1. The van der Waals surface area contributed by atoms with E-state index in [1.54, 1.807) is 0 Å². The van der Waals surface area contributed by atoms with Gasteiger partial charge in [0.25, 0.3) is 0 Å². The first kappa shape index (κ1) is 14.8. The van der Waals surface area contributed by atoms with Crippen LogP contribution in [-0.4, -0.2) is 24.7 Å². The summed E-state index contributed by atoms with van der Waals surface area (Å²) in [6, 6.07) is -0.681. The third-order valence-electron chi connectivity index (χ3n) is 1.96. The van der Waals surface area contributed by atoms with Gasteiger partial charge >= 0.3 is 5.97 Å². The number of rotatable bonds is 6. The van der Waals surface area contributed by atoms with Crippen molar-refractivity contribution < 1.29 is 14.3 Å². The minimum atomic E-state index is -0.681. The Morgan fingerprint density at radius 2 is 2.06 bits per heavy atom. The molecule has 1 unspecified atom stereocenters. The largest absolute Gasteiger partial charge is 0.464 e. The lowest BCUT2D eigenvalue weighted by Gasteiger charge is -2.19. The van der Waals surface area contributed by atoms with Crippen LogP contribution in [0.5, 0.6) is 0 Å². The summed E-state index contributed by atoms with van der Waals surface area (Å²) in [5.74, 6) is -0.424. The Morgan fingerprint density at radius 1 is 1.44 bits per heavy atom. The minimum Gasteiger partial charge on any atom is -0.464 e. The van der Waals surface area contributed by atoms with Gasteiger partial charge in [0.05, 0.1) is 6.61 Å². The third kappa shape index (κ3) is 7.18. The maximum atomic E-state index is 11.6. The number of hydrogen-bond acceptors (Lipinski definition) is 4. The molecule has 1 atom stereocenters. The van der Waals surface area contributed by atoms with Crippen LogP contribution >= 0.6 is 0 Å². The summed E-state index contributed by atoms with van der Waals surface area (Å²) in [6.45, 7) is 8.28. The predicted octanol–water partition coefficient (Wildman–Crippen LogP) is 2.47. The lowest BCUT2D eigenvalue weighted by molar-refractivity contribution is -0.148. The van der Waals surface area contributed by atoms with Crippen molar-refractivity contribution in [2.45, 2.75) is 53.0 Å². The number of esters is 1. The van der Waals surface area contributed by atoms with Gasteiger partial charge in [-0.05, 0) is 11.8 Å². The van der Waals surface area contributed by atoms with Crippen LogP contribution in [0.4, 0.5) is 0 Å². The predicted molar refractivity (Wildman–Crippen MR) is 61.8 cm³/mol. The van der Waals surface area contributed by atoms with E-state index in [0.717, 1.165) is 12.8 Å². The number of carbonyl (C=O) groups excluding carboxylic acids is 2. The van der Waals surface area contributed by atoms with E-state index in [-0.39, 0.29) is 5.41 Å². The fourth-order valence-corrected chi connectivity index (χ4v) is 1.08. The highest BCUT2D eigenvalue weighted by Crippen LogP contribution is 2.14. The van der Waals surface area contributed by atoms with Gasteiger partial charge in [-0.15, -0.1) is 0 Å². The van der Waals surface area contributed by atoms with E-state index >= 15 is 0 Å². The molecule has 0 aromatic heterocycles. The zero-order valence-electron chi connectivity index (χ0n) is 10.6. The number of aliphatic imine (C=N–C) groups is 1. The van der Waals surface area contributed by atoms with Gasteiger partial charge in [0.15, 0.2) is 6.04 Å². The van der Waals surface area contributed by atoms with Crippen LogP contribution in [0.25, 0.3) is 0 Å². The molecule has 0 aliphatic rings. The summed E-state index contributed by atoms with van der Waals surface area (Å²) >= 11 is 0. The number of unbranched alkanes of at least 4 members (excludes halogenated alkanes) is 1. The summed E-state index contributed by atoms with van der Waals surface area (Å²) in [6.07, 6.45) is 3.78. The normalized spacial score (nSPS) is 12.8. The number of isocyanates is 1. The molecule has 0 aliphatic heterocycles. The van der Waals surface area contributed by atoms with Crippen molar-refractivity contribution in [1.82, 2.24) is 0 Å². The second kappa shape index (κ2) is 7.18. The van der Waals surface area contributed by atoms with Crippen LogP contribution in [0.1, 0.15) is 47.0 Å². The van der Waals surface area contributed by atoms with Crippen molar-refractivity contribution in [3.05, 3.63) is 0 Å². The second-order valence-electron chi connectivity index (χ2n) is 5.05. The fourth-order valence-electron chi connectivity index (χ4n) is 1.08. The van der Waals surface area contributed by atoms with Crippen LogP contribution in [0.3, 0.4) is 0 Å². The van der Waals surface area contributed by atoms with Gasteiger partial charge in [0.1, 0.15) is 0 Å². The molecule has 0 spiro atoms. The van der Waals surface area contributed by atoms with Crippen molar-refractivity contribution >= 4 is 12.0 Å². The lowest BCUT2D eigenvalue weighted by Crippen LogP contribution is -2.26. The molecule has 16 heavy (non-hydrogen) atoms. The zero-order chi connectivity index (χ0) is 12.6. The van der Waals surface area contributed by atoms with E-state index in [9.17, 15) is 9.59 Å². The van der Waals surface area contributed by atoms with Crippen molar-refractivity contribution in [3.8, 4) is 0 Å². The molecule has 0 bridgehead atoms. The van der Waals surface area contributed by atoms with Crippen molar-refractivity contribution in [2.24, 2.45) is 10.4 Å². The molecule has 0 amide bonds. The number of ether oxygens (including phenoxy) is 1.